The summed E-state index contributed by atoms with van der Waals surface area (Å²) in [5.41, 5.74) is 7.20. The highest BCUT2D eigenvalue weighted by molar-refractivity contribution is 6.33. The Morgan fingerprint density at radius 1 is 1.32 bits per heavy atom. The maximum atomic E-state index is 13.7. The van der Waals surface area contributed by atoms with Crippen LogP contribution in [0.3, 0.4) is 0 Å². The molecule has 0 fully saturated rings. The van der Waals surface area contributed by atoms with Gasteiger partial charge in [-0.15, -0.1) is 0 Å². The molecule has 2 aromatic rings. The maximum Gasteiger partial charge on any atom is 0.148 e. The van der Waals surface area contributed by atoms with Gasteiger partial charge < -0.3 is 15.8 Å². The first-order chi connectivity index (χ1) is 9.11. The summed E-state index contributed by atoms with van der Waals surface area (Å²) in [6.07, 6.45) is 0. The molecule has 3 N–H and O–H groups in total. The Labute approximate surface area is 116 Å². The third-order valence-corrected chi connectivity index (χ3v) is 2.86. The summed E-state index contributed by atoms with van der Waals surface area (Å²) in [6, 6.07) is 9.66. The van der Waals surface area contributed by atoms with Crippen molar-refractivity contribution in [3.8, 4) is 5.75 Å². The van der Waals surface area contributed by atoms with Crippen LogP contribution in [-0.4, -0.2) is 6.61 Å². The lowest BCUT2D eigenvalue weighted by Gasteiger charge is -2.12. The minimum absolute atomic E-state index is 0.233. The highest BCUT2D eigenvalue weighted by atomic mass is 35.5. The van der Waals surface area contributed by atoms with Gasteiger partial charge >= 0.3 is 0 Å². The first kappa shape index (κ1) is 13.5. The average molecular weight is 281 g/mol. The highest BCUT2D eigenvalue weighted by Crippen LogP contribution is 2.31. The second kappa shape index (κ2) is 5.80. The van der Waals surface area contributed by atoms with E-state index in [1.165, 1.54) is 6.07 Å². The largest absolute Gasteiger partial charge is 0.492 e. The Balaban J connectivity index is 2.31. The number of anilines is 3. The number of benzene rings is 2. The molecular weight excluding hydrogens is 267 g/mol. The van der Waals surface area contributed by atoms with Crippen molar-refractivity contribution >= 4 is 28.7 Å². The van der Waals surface area contributed by atoms with E-state index < -0.39 is 5.82 Å². The van der Waals surface area contributed by atoms with Gasteiger partial charge in [-0.05, 0) is 31.2 Å². The fraction of sp³-hybridized carbons (Fsp3) is 0.143. The fourth-order valence-corrected chi connectivity index (χ4v) is 1.86. The van der Waals surface area contributed by atoms with Crippen molar-refractivity contribution < 1.29 is 9.13 Å². The molecule has 0 bridgehead atoms. The molecule has 0 radical (unpaired) electrons. The number of ether oxygens (including phenoxy) is 1. The first-order valence-electron chi connectivity index (χ1n) is 5.85. The van der Waals surface area contributed by atoms with E-state index in [1.807, 2.05) is 6.92 Å². The Bertz CT molecular complexity index is 569. The van der Waals surface area contributed by atoms with Crippen molar-refractivity contribution in [1.82, 2.24) is 0 Å². The van der Waals surface area contributed by atoms with Gasteiger partial charge in [0.15, 0.2) is 0 Å². The SMILES string of the molecule is CCOc1cc(Nc2c(F)cccc2Cl)ccc1N. The summed E-state index contributed by atoms with van der Waals surface area (Å²) < 4.78 is 19.0. The number of rotatable bonds is 4. The van der Waals surface area contributed by atoms with E-state index in [-0.39, 0.29) is 5.69 Å². The van der Waals surface area contributed by atoms with E-state index in [0.717, 1.165) is 0 Å². The molecule has 0 atom stereocenters. The molecule has 5 heteroatoms. The summed E-state index contributed by atoms with van der Waals surface area (Å²) in [7, 11) is 0. The maximum absolute atomic E-state index is 13.7. The first-order valence-corrected chi connectivity index (χ1v) is 6.23. The minimum Gasteiger partial charge on any atom is -0.492 e. The molecule has 0 saturated carbocycles. The lowest BCUT2D eigenvalue weighted by Crippen LogP contribution is -1.99. The highest BCUT2D eigenvalue weighted by Gasteiger charge is 2.08. The van der Waals surface area contributed by atoms with Crippen LogP contribution in [0.2, 0.25) is 5.02 Å². The van der Waals surface area contributed by atoms with E-state index in [9.17, 15) is 4.39 Å². The van der Waals surface area contributed by atoms with E-state index in [4.69, 9.17) is 22.1 Å². The molecule has 0 spiro atoms. The molecule has 0 aliphatic heterocycles. The van der Waals surface area contributed by atoms with Crippen molar-refractivity contribution in [3.05, 3.63) is 47.2 Å². The number of nitrogens with two attached hydrogens (primary N) is 1. The van der Waals surface area contributed by atoms with Gasteiger partial charge in [0.2, 0.25) is 0 Å². The number of hydrogen-bond acceptors (Lipinski definition) is 3. The average Bonchev–Trinajstić information content (AvgIpc) is 2.38. The molecule has 19 heavy (non-hydrogen) atoms. The van der Waals surface area contributed by atoms with Crippen LogP contribution in [-0.2, 0) is 0 Å². The van der Waals surface area contributed by atoms with Crippen LogP contribution in [0.25, 0.3) is 0 Å². The van der Waals surface area contributed by atoms with Crippen LogP contribution in [0.15, 0.2) is 36.4 Å². The Kier molecular flexibility index (Phi) is 4.12. The standard InChI is InChI=1S/C14H14ClFN2O/c1-2-19-13-8-9(6-7-12(13)17)18-14-10(15)4-3-5-11(14)16/h3-8,18H,2,17H2,1H3. The summed E-state index contributed by atoms with van der Waals surface area (Å²) >= 11 is 5.95. The van der Waals surface area contributed by atoms with Crippen LogP contribution in [0.1, 0.15) is 6.92 Å². The van der Waals surface area contributed by atoms with Gasteiger partial charge in [-0.1, -0.05) is 17.7 Å². The zero-order chi connectivity index (χ0) is 13.8. The van der Waals surface area contributed by atoms with Crippen LogP contribution in [0, 0.1) is 5.82 Å². The molecule has 0 aliphatic carbocycles. The molecular formula is C14H14ClFN2O. The summed E-state index contributed by atoms with van der Waals surface area (Å²) in [5, 5.41) is 3.24. The lowest BCUT2D eigenvalue weighted by molar-refractivity contribution is 0.342. The molecule has 2 rings (SSSR count). The van der Waals surface area contributed by atoms with Crippen molar-refractivity contribution in [2.24, 2.45) is 0 Å². The van der Waals surface area contributed by atoms with E-state index >= 15 is 0 Å². The molecule has 100 valence electrons. The Hall–Kier alpha value is -1.94. The fourth-order valence-electron chi connectivity index (χ4n) is 1.65. The normalized spacial score (nSPS) is 10.3. The molecule has 0 unspecified atom stereocenters. The topological polar surface area (TPSA) is 47.3 Å². The van der Waals surface area contributed by atoms with Crippen LogP contribution in [0.5, 0.6) is 5.75 Å². The third kappa shape index (κ3) is 3.09. The molecule has 0 heterocycles. The molecule has 0 amide bonds. The van der Waals surface area contributed by atoms with Crippen molar-refractivity contribution in [2.45, 2.75) is 6.92 Å². The number of halogens is 2. The third-order valence-electron chi connectivity index (χ3n) is 2.55. The summed E-state index contributed by atoms with van der Waals surface area (Å²) in [4.78, 5) is 0. The number of nitrogens with one attached hydrogen (secondary N) is 1. The summed E-state index contributed by atoms with van der Waals surface area (Å²) in [5.74, 6) is 0.141. The van der Waals surface area contributed by atoms with E-state index in [2.05, 4.69) is 5.32 Å². The smallest absolute Gasteiger partial charge is 0.148 e. The molecule has 0 aliphatic rings. The predicted molar refractivity (Wildman–Crippen MR) is 76.7 cm³/mol. The van der Waals surface area contributed by atoms with Crippen molar-refractivity contribution in [1.29, 1.82) is 0 Å². The second-order valence-corrected chi connectivity index (χ2v) is 4.31. The molecule has 3 nitrogen and oxygen atoms in total. The zero-order valence-corrected chi connectivity index (χ0v) is 11.2. The predicted octanol–water partition coefficient (Wildman–Crippen LogP) is 4.20. The van der Waals surface area contributed by atoms with Crippen LogP contribution >= 0.6 is 11.6 Å². The zero-order valence-electron chi connectivity index (χ0n) is 10.4. The van der Waals surface area contributed by atoms with Gasteiger partial charge in [-0.2, -0.15) is 0 Å². The summed E-state index contributed by atoms with van der Waals surface area (Å²) in [6.45, 7) is 2.38. The van der Waals surface area contributed by atoms with E-state index in [1.54, 1.807) is 30.3 Å². The number of nitrogen functional groups attached to an aromatic ring is 1. The van der Waals surface area contributed by atoms with Gasteiger partial charge in [-0.3, -0.25) is 0 Å². The monoisotopic (exact) mass is 280 g/mol. The van der Waals surface area contributed by atoms with Crippen LogP contribution < -0.4 is 15.8 Å². The Morgan fingerprint density at radius 3 is 2.79 bits per heavy atom. The van der Waals surface area contributed by atoms with Crippen molar-refractivity contribution in [3.63, 3.8) is 0 Å². The minimum atomic E-state index is -0.415. The number of hydrogen-bond donors (Lipinski definition) is 2. The molecule has 0 saturated heterocycles. The van der Waals surface area contributed by atoms with Crippen LogP contribution in [0.4, 0.5) is 21.5 Å². The quantitative estimate of drug-likeness (QED) is 0.825. The second-order valence-electron chi connectivity index (χ2n) is 3.91. The van der Waals surface area contributed by atoms with Gasteiger partial charge in [0.05, 0.1) is 23.0 Å². The molecule has 2 aromatic carbocycles. The lowest BCUT2D eigenvalue weighted by atomic mass is 10.2. The van der Waals surface area contributed by atoms with Gasteiger partial charge in [0, 0.05) is 11.8 Å². The molecule has 0 aromatic heterocycles. The Morgan fingerprint density at radius 2 is 2.11 bits per heavy atom. The van der Waals surface area contributed by atoms with Crippen molar-refractivity contribution in [2.75, 3.05) is 17.7 Å². The van der Waals surface area contributed by atoms with Gasteiger partial charge in [-0.25, -0.2) is 4.39 Å². The van der Waals surface area contributed by atoms with Gasteiger partial charge in [0.1, 0.15) is 11.6 Å². The number of para-hydroxylation sites is 1. The van der Waals surface area contributed by atoms with E-state index in [0.29, 0.717) is 28.8 Å². The van der Waals surface area contributed by atoms with Gasteiger partial charge in [0.25, 0.3) is 0 Å².